The standard InChI is InChI=1S/C21H17NO4/c1-26-13-9-11-21(25,12-10-13)22-17-8-4-7-16-18(17)20(24)15-6-3-2-5-14(15)19(16)23/h2-11,22,25H,12H2,1H3. The maximum Gasteiger partial charge on any atom is 0.196 e. The number of carbonyl (C=O) groups is 2. The van der Waals surface area contributed by atoms with Crippen LogP contribution < -0.4 is 5.32 Å². The highest BCUT2D eigenvalue weighted by atomic mass is 16.5. The molecule has 1 atom stereocenters. The molecule has 0 radical (unpaired) electrons. The van der Waals surface area contributed by atoms with E-state index in [1.807, 2.05) is 0 Å². The van der Waals surface area contributed by atoms with Gasteiger partial charge >= 0.3 is 0 Å². The molecule has 1 unspecified atom stereocenters. The van der Waals surface area contributed by atoms with E-state index in [4.69, 9.17) is 4.74 Å². The smallest absolute Gasteiger partial charge is 0.196 e. The molecule has 0 amide bonds. The summed E-state index contributed by atoms with van der Waals surface area (Å²) < 4.78 is 5.13. The van der Waals surface area contributed by atoms with E-state index >= 15 is 0 Å². The van der Waals surface area contributed by atoms with Crippen LogP contribution in [-0.2, 0) is 4.74 Å². The minimum atomic E-state index is -1.36. The minimum absolute atomic E-state index is 0.188. The zero-order chi connectivity index (χ0) is 18.3. The number of fused-ring (bicyclic) bond motifs is 2. The van der Waals surface area contributed by atoms with Crippen LogP contribution in [-0.4, -0.2) is 29.5 Å². The van der Waals surface area contributed by atoms with Crippen molar-refractivity contribution in [1.29, 1.82) is 0 Å². The Morgan fingerprint density at radius 2 is 1.69 bits per heavy atom. The Hall–Kier alpha value is -3.18. The highest BCUT2D eigenvalue weighted by molar-refractivity contribution is 6.30. The molecule has 0 saturated carbocycles. The van der Waals surface area contributed by atoms with E-state index in [1.54, 1.807) is 67.8 Å². The molecule has 4 rings (SSSR count). The number of ether oxygens (including phenoxy) is 1. The summed E-state index contributed by atoms with van der Waals surface area (Å²) in [5.41, 5.74) is 0.488. The molecule has 0 spiro atoms. The number of anilines is 1. The van der Waals surface area contributed by atoms with Gasteiger partial charge in [-0.15, -0.1) is 0 Å². The molecular weight excluding hydrogens is 330 g/mol. The van der Waals surface area contributed by atoms with Crippen LogP contribution >= 0.6 is 0 Å². The van der Waals surface area contributed by atoms with Crippen LogP contribution in [0.5, 0.6) is 0 Å². The lowest BCUT2D eigenvalue weighted by Gasteiger charge is -2.30. The van der Waals surface area contributed by atoms with Gasteiger partial charge in [0.2, 0.25) is 0 Å². The fraction of sp³-hybridized carbons (Fsp3) is 0.143. The van der Waals surface area contributed by atoms with Gasteiger partial charge in [-0.25, -0.2) is 0 Å². The zero-order valence-electron chi connectivity index (χ0n) is 14.2. The maximum absolute atomic E-state index is 13.0. The molecule has 0 aromatic heterocycles. The van der Waals surface area contributed by atoms with Crippen molar-refractivity contribution in [2.75, 3.05) is 12.4 Å². The summed E-state index contributed by atoms with van der Waals surface area (Å²) >= 11 is 0. The van der Waals surface area contributed by atoms with Gasteiger partial charge in [-0.3, -0.25) is 9.59 Å². The largest absolute Gasteiger partial charge is 0.497 e. The first-order chi connectivity index (χ1) is 12.5. The number of aliphatic hydroxyl groups is 1. The van der Waals surface area contributed by atoms with Crippen LogP contribution in [0.1, 0.15) is 38.3 Å². The fourth-order valence-electron chi connectivity index (χ4n) is 3.34. The van der Waals surface area contributed by atoms with Crippen LogP contribution in [0, 0.1) is 0 Å². The van der Waals surface area contributed by atoms with Crippen molar-refractivity contribution in [1.82, 2.24) is 0 Å². The van der Waals surface area contributed by atoms with Crippen LogP contribution in [0.3, 0.4) is 0 Å². The highest BCUT2D eigenvalue weighted by Gasteiger charge is 2.33. The number of benzene rings is 2. The Labute approximate surface area is 150 Å². The van der Waals surface area contributed by atoms with Gasteiger partial charge in [-0.2, -0.15) is 0 Å². The number of methoxy groups -OCH3 is 1. The molecule has 0 bridgehead atoms. The molecule has 0 aliphatic heterocycles. The van der Waals surface area contributed by atoms with Gasteiger partial charge in [0.05, 0.1) is 12.7 Å². The Bertz CT molecular complexity index is 989. The number of carbonyl (C=O) groups excluding carboxylic acids is 2. The van der Waals surface area contributed by atoms with Crippen molar-refractivity contribution >= 4 is 17.3 Å². The molecule has 2 aliphatic carbocycles. The first-order valence-corrected chi connectivity index (χ1v) is 8.28. The predicted molar refractivity (Wildman–Crippen MR) is 97.2 cm³/mol. The maximum atomic E-state index is 13.0. The second kappa shape index (κ2) is 5.97. The van der Waals surface area contributed by atoms with E-state index in [1.165, 1.54) is 0 Å². The van der Waals surface area contributed by atoms with E-state index in [9.17, 15) is 14.7 Å². The fourth-order valence-corrected chi connectivity index (χ4v) is 3.34. The average molecular weight is 347 g/mol. The van der Waals surface area contributed by atoms with Gasteiger partial charge in [0.25, 0.3) is 0 Å². The lowest BCUT2D eigenvalue weighted by Crippen LogP contribution is -2.37. The van der Waals surface area contributed by atoms with E-state index in [2.05, 4.69) is 5.32 Å². The third kappa shape index (κ3) is 2.53. The van der Waals surface area contributed by atoms with Crippen molar-refractivity contribution in [2.24, 2.45) is 0 Å². The number of rotatable bonds is 3. The SMILES string of the molecule is COC1=CCC(O)(Nc2cccc3c2C(=O)c2ccccc2C3=O)C=C1. The molecule has 5 heteroatoms. The molecule has 2 aromatic rings. The minimum Gasteiger partial charge on any atom is -0.497 e. The molecule has 0 heterocycles. The Morgan fingerprint density at radius 3 is 2.35 bits per heavy atom. The van der Waals surface area contributed by atoms with E-state index in [0.29, 0.717) is 33.7 Å². The summed E-state index contributed by atoms with van der Waals surface area (Å²) in [6.07, 6.45) is 5.27. The molecule has 26 heavy (non-hydrogen) atoms. The summed E-state index contributed by atoms with van der Waals surface area (Å²) in [5, 5.41) is 13.8. The Kier molecular flexibility index (Phi) is 3.74. The van der Waals surface area contributed by atoms with Crippen molar-refractivity contribution in [3.8, 4) is 0 Å². The molecule has 2 aliphatic rings. The number of nitrogens with one attached hydrogen (secondary N) is 1. The lowest BCUT2D eigenvalue weighted by atomic mass is 9.83. The summed E-state index contributed by atoms with van der Waals surface area (Å²) in [5.74, 6) is 0.244. The van der Waals surface area contributed by atoms with Gasteiger partial charge < -0.3 is 15.2 Å². The summed E-state index contributed by atoms with van der Waals surface area (Å²) in [4.78, 5) is 25.8. The molecular formula is C21H17NO4. The number of hydrogen-bond acceptors (Lipinski definition) is 5. The molecule has 5 nitrogen and oxygen atoms in total. The summed E-state index contributed by atoms with van der Waals surface area (Å²) in [7, 11) is 1.56. The van der Waals surface area contributed by atoms with Gasteiger partial charge in [-0.05, 0) is 24.3 Å². The highest BCUT2D eigenvalue weighted by Crippen LogP contribution is 2.34. The Balaban J connectivity index is 1.75. The van der Waals surface area contributed by atoms with E-state index < -0.39 is 5.72 Å². The first-order valence-electron chi connectivity index (χ1n) is 8.28. The van der Waals surface area contributed by atoms with Gasteiger partial charge in [0.1, 0.15) is 5.76 Å². The molecule has 2 aromatic carbocycles. The first kappa shape index (κ1) is 16.3. The monoisotopic (exact) mass is 347 g/mol. The lowest BCUT2D eigenvalue weighted by molar-refractivity contribution is 0.0977. The second-order valence-electron chi connectivity index (χ2n) is 6.33. The number of hydrogen-bond donors (Lipinski definition) is 2. The quantitative estimate of drug-likeness (QED) is 0.712. The molecule has 0 fully saturated rings. The predicted octanol–water partition coefficient (Wildman–Crippen LogP) is 3.05. The third-order valence-electron chi connectivity index (χ3n) is 4.68. The van der Waals surface area contributed by atoms with Crippen LogP contribution in [0.25, 0.3) is 0 Å². The van der Waals surface area contributed by atoms with Crippen LogP contribution in [0.15, 0.2) is 66.5 Å². The second-order valence-corrected chi connectivity index (χ2v) is 6.33. The van der Waals surface area contributed by atoms with Crippen molar-refractivity contribution in [2.45, 2.75) is 12.1 Å². The molecule has 0 saturated heterocycles. The average Bonchev–Trinajstić information content (AvgIpc) is 2.66. The van der Waals surface area contributed by atoms with Crippen molar-refractivity contribution < 1.29 is 19.4 Å². The van der Waals surface area contributed by atoms with Gasteiger partial charge in [0, 0.05) is 28.8 Å². The van der Waals surface area contributed by atoms with Crippen molar-refractivity contribution in [3.63, 3.8) is 0 Å². The zero-order valence-corrected chi connectivity index (χ0v) is 14.2. The topological polar surface area (TPSA) is 75.6 Å². The van der Waals surface area contributed by atoms with E-state index in [0.717, 1.165) is 0 Å². The normalized spacial score (nSPS) is 20.9. The number of ketones is 2. The summed E-state index contributed by atoms with van der Waals surface area (Å²) in [6, 6.07) is 11.8. The third-order valence-corrected chi connectivity index (χ3v) is 4.68. The number of allylic oxidation sites excluding steroid dienone is 1. The Morgan fingerprint density at radius 1 is 1.00 bits per heavy atom. The summed E-state index contributed by atoms with van der Waals surface area (Å²) in [6.45, 7) is 0. The molecule has 130 valence electrons. The van der Waals surface area contributed by atoms with E-state index in [-0.39, 0.29) is 18.0 Å². The van der Waals surface area contributed by atoms with Crippen LogP contribution in [0.2, 0.25) is 0 Å². The van der Waals surface area contributed by atoms with Crippen LogP contribution in [0.4, 0.5) is 5.69 Å². The van der Waals surface area contributed by atoms with Gasteiger partial charge in [-0.1, -0.05) is 36.4 Å². The van der Waals surface area contributed by atoms with Crippen molar-refractivity contribution in [3.05, 3.63) is 88.7 Å². The van der Waals surface area contributed by atoms with Gasteiger partial charge in [0.15, 0.2) is 17.3 Å². The molecule has 2 N–H and O–H groups in total.